The molecule has 3 nitrogen and oxygen atoms in total. The quantitative estimate of drug-likeness (QED) is 0.658. The zero-order chi connectivity index (χ0) is 12.3. The molecule has 94 valence electrons. The van der Waals surface area contributed by atoms with E-state index in [1.807, 2.05) is 12.1 Å². The third kappa shape index (κ3) is 3.12. The Morgan fingerprint density at radius 2 is 2.12 bits per heavy atom. The molecule has 1 heterocycles. The largest absolute Gasteiger partial charge is 0.376 e. The molecule has 0 bridgehead atoms. The molecule has 1 aromatic carbocycles. The number of hydrogen-bond donors (Lipinski definition) is 2. The van der Waals surface area contributed by atoms with Crippen LogP contribution in [0.2, 0.25) is 10.0 Å². The van der Waals surface area contributed by atoms with Crippen molar-refractivity contribution in [2.75, 3.05) is 6.61 Å². The average Bonchev–Trinajstić information content (AvgIpc) is 2.36. The predicted molar refractivity (Wildman–Crippen MR) is 70.1 cm³/mol. The Morgan fingerprint density at radius 3 is 2.71 bits per heavy atom. The Balaban J connectivity index is 2.18. The fourth-order valence-corrected chi connectivity index (χ4v) is 2.46. The third-order valence-electron chi connectivity index (χ3n) is 3.07. The van der Waals surface area contributed by atoms with Crippen LogP contribution in [0.4, 0.5) is 0 Å². The van der Waals surface area contributed by atoms with E-state index in [0.29, 0.717) is 10.0 Å². The second-order valence-electron chi connectivity index (χ2n) is 4.22. The Hall–Kier alpha value is -0.320. The molecule has 0 aliphatic carbocycles. The highest BCUT2D eigenvalue weighted by molar-refractivity contribution is 6.42. The number of halogens is 2. The van der Waals surface area contributed by atoms with E-state index in [1.54, 1.807) is 6.07 Å². The Bertz CT molecular complexity index is 381. The van der Waals surface area contributed by atoms with E-state index < -0.39 is 0 Å². The van der Waals surface area contributed by atoms with Crippen LogP contribution in [-0.4, -0.2) is 12.7 Å². The topological polar surface area (TPSA) is 47.3 Å². The van der Waals surface area contributed by atoms with Gasteiger partial charge < -0.3 is 4.74 Å². The Labute approximate surface area is 111 Å². The molecule has 2 rings (SSSR count). The first-order valence-electron chi connectivity index (χ1n) is 5.75. The average molecular weight is 275 g/mol. The maximum atomic E-state index is 6.01. The molecule has 2 unspecified atom stereocenters. The van der Waals surface area contributed by atoms with Crippen molar-refractivity contribution in [3.05, 3.63) is 33.8 Å². The minimum atomic E-state index is -0.0370. The van der Waals surface area contributed by atoms with Crippen LogP contribution in [0.15, 0.2) is 18.2 Å². The van der Waals surface area contributed by atoms with E-state index in [1.165, 1.54) is 6.42 Å². The molecule has 0 saturated carbocycles. The van der Waals surface area contributed by atoms with Gasteiger partial charge in [-0.05, 0) is 37.0 Å². The molecule has 0 aromatic heterocycles. The van der Waals surface area contributed by atoms with Gasteiger partial charge in [0.05, 0.1) is 22.2 Å². The minimum Gasteiger partial charge on any atom is -0.376 e. The van der Waals surface area contributed by atoms with Crippen LogP contribution in [0.3, 0.4) is 0 Å². The number of benzene rings is 1. The van der Waals surface area contributed by atoms with Crippen molar-refractivity contribution >= 4 is 23.2 Å². The lowest BCUT2D eigenvalue weighted by Crippen LogP contribution is -2.39. The highest BCUT2D eigenvalue weighted by atomic mass is 35.5. The summed E-state index contributed by atoms with van der Waals surface area (Å²) in [5, 5.41) is 1.09. The first-order chi connectivity index (χ1) is 8.22. The first kappa shape index (κ1) is 13.1. The van der Waals surface area contributed by atoms with Crippen LogP contribution in [0.25, 0.3) is 0 Å². The number of nitrogens with one attached hydrogen (secondary N) is 1. The summed E-state index contributed by atoms with van der Waals surface area (Å²) in [6, 6.07) is 5.51. The van der Waals surface area contributed by atoms with Gasteiger partial charge >= 0.3 is 0 Å². The van der Waals surface area contributed by atoms with Crippen LogP contribution >= 0.6 is 23.2 Å². The first-order valence-corrected chi connectivity index (χ1v) is 6.50. The van der Waals surface area contributed by atoms with Gasteiger partial charge in [-0.2, -0.15) is 0 Å². The highest BCUT2D eigenvalue weighted by Gasteiger charge is 2.25. The second-order valence-corrected chi connectivity index (χ2v) is 5.04. The van der Waals surface area contributed by atoms with Crippen LogP contribution in [0.1, 0.15) is 30.9 Å². The van der Waals surface area contributed by atoms with Crippen LogP contribution < -0.4 is 11.3 Å². The second kappa shape index (κ2) is 6.03. The summed E-state index contributed by atoms with van der Waals surface area (Å²) in [4.78, 5) is 0. The fourth-order valence-electron chi connectivity index (χ4n) is 2.15. The summed E-state index contributed by atoms with van der Waals surface area (Å²) in [5.41, 5.74) is 3.82. The summed E-state index contributed by atoms with van der Waals surface area (Å²) in [6.45, 7) is 0.796. The smallest absolute Gasteiger partial charge is 0.0782 e. The molecule has 5 heteroatoms. The lowest BCUT2D eigenvalue weighted by Gasteiger charge is -2.30. The molecular weight excluding hydrogens is 259 g/mol. The van der Waals surface area contributed by atoms with Gasteiger partial charge in [-0.3, -0.25) is 11.3 Å². The number of rotatable bonds is 3. The molecule has 0 spiro atoms. The molecule has 1 aliphatic rings. The van der Waals surface area contributed by atoms with Crippen molar-refractivity contribution in [2.24, 2.45) is 5.84 Å². The zero-order valence-electron chi connectivity index (χ0n) is 9.46. The van der Waals surface area contributed by atoms with E-state index in [-0.39, 0.29) is 12.1 Å². The molecule has 0 radical (unpaired) electrons. The van der Waals surface area contributed by atoms with Crippen molar-refractivity contribution in [1.29, 1.82) is 0 Å². The Morgan fingerprint density at radius 1 is 1.29 bits per heavy atom. The van der Waals surface area contributed by atoms with Crippen molar-refractivity contribution in [3.63, 3.8) is 0 Å². The number of hydrazine groups is 1. The zero-order valence-corrected chi connectivity index (χ0v) is 11.0. The highest BCUT2D eigenvalue weighted by Crippen LogP contribution is 2.30. The maximum absolute atomic E-state index is 6.01. The standard InChI is InChI=1S/C12H16Cl2N2O/c13-9-5-4-8(7-10(9)14)12(16-15)11-3-1-2-6-17-11/h4-5,7,11-12,16H,1-3,6,15H2. The van der Waals surface area contributed by atoms with E-state index in [4.69, 9.17) is 33.8 Å². The summed E-state index contributed by atoms with van der Waals surface area (Å²) < 4.78 is 5.74. The number of nitrogens with two attached hydrogens (primary N) is 1. The molecule has 0 amide bonds. The maximum Gasteiger partial charge on any atom is 0.0782 e. The number of ether oxygens (including phenoxy) is 1. The molecule has 2 atom stereocenters. The summed E-state index contributed by atoms with van der Waals surface area (Å²) >= 11 is 11.9. The van der Waals surface area contributed by atoms with Crippen molar-refractivity contribution < 1.29 is 4.74 Å². The lowest BCUT2D eigenvalue weighted by atomic mass is 9.96. The van der Waals surface area contributed by atoms with Gasteiger partial charge in [0.15, 0.2) is 0 Å². The van der Waals surface area contributed by atoms with Crippen molar-refractivity contribution in [3.8, 4) is 0 Å². The molecule has 1 aromatic rings. The van der Waals surface area contributed by atoms with Crippen molar-refractivity contribution in [1.82, 2.24) is 5.43 Å². The van der Waals surface area contributed by atoms with Crippen LogP contribution in [0.5, 0.6) is 0 Å². The third-order valence-corrected chi connectivity index (χ3v) is 3.81. The lowest BCUT2D eigenvalue weighted by molar-refractivity contribution is -0.00821. The van der Waals surface area contributed by atoms with Gasteiger partial charge in [-0.15, -0.1) is 0 Å². The summed E-state index contributed by atoms with van der Waals surface area (Å²) in [6.07, 6.45) is 3.40. The molecule has 1 saturated heterocycles. The Kier molecular flexibility index (Phi) is 4.65. The van der Waals surface area contributed by atoms with Crippen LogP contribution in [-0.2, 0) is 4.74 Å². The van der Waals surface area contributed by atoms with Gasteiger partial charge in [-0.25, -0.2) is 0 Å². The summed E-state index contributed by atoms with van der Waals surface area (Å²) in [5.74, 6) is 5.62. The van der Waals surface area contributed by atoms with E-state index in [9.17, 15) is 0 Å². The fraction of sp³-hybridized carbons (Fsp3) is 0.500. The van der Waals surface area contributed by atoms with Crippen molar-refractivity contribution in [2.45, 2.75) is 31.4 Å². The molecule has 17 heavy (non-hydrogen) atoms. The normalized spacial score (nSPS) is 22.4. The van der Waals surface area contributed by atoms with E-state index in [2.05, 4.69) is 5.43 Å². The van der Waals surface area contributed by atoms with Crippen LogP contribution in [0, 0.1) is 0 Å². The SMILES string of the molecule is NNC(c1ccc(Cl)c(Cl)c1)C1CCCCO1. The van der Waals surface area contributed by atoms with Gasteiger partial charge in [0.2, 0.25) is 0 Å². The molecule has 1 aliphatic heterocycles. The van der Waals surface area contributed by atoms with Gasteiger partial charge in [0.25, 0.3) is 0 Å². The monoisotopic (exact) mass is 274 g/mol. The van der Waals surface area contributed by atoms with Gasteiger partial charge in [-0.1, -0.05) is 29.3 Å². The number of hydrogen-bond acceptors (Lipinski definition) is 3. The molecular formula is C12H16Cl2N2O. The molecule has 1 fully saturated rings. The summed E-state index contributed by atoms with van der Waals surface area (Å²) in [7, 11) is 0. The van der Waals surface area contributed by atoms with Gasteiger partial charge in [0.1, 0.15) is 0 Å². The van der Waals surface area contributed by atoms with E-state index >= 15 is 0 Å². The minimum absolute atomic E-state index is 0.0370. The predicted octanol–water partition coefficient (Wildman–Crippen LogP) is 3.07. The van der Waals surface area contributed by atoms with E-state index in [0.717, 1.165) is 25.0 Å². The molecule has 3 N–H and O–H groups in total. The van der Waals surface area contributed by atoms with Gasteiger partial charge in [0, 0.05) is 6.61 Å².